The van der Waals surface area contributed by atoms with Crippen molar-refractivity contribution in [3.8, 4) is 17.1 Å². The van der Waals surface area contributed by atoms with Crippen molar-refractivity contribution in [1.82, 2.24) is 20.2 Å². The van der Waals surface area contributed by atoms with Gasteiger partial charge in [-0.15, -0.1) is 11.3 Å². The van der Waals surface area contributed by atoms with Gasteiger partial charge in [-0.25, -0.2) is 8.78 Å². The molecule has 2 N–H and O–H groups in total. The Labute approximate surface area is 228 Å². The lowest BCUT2D eigenvalue weighted by Gasteiger charge is -2.30. The summed E-state index contributed by atoms with van der Waals surface area (Å²) in [4.78, 5) is 22.9. The van der Waals surface area contributed by atoms with Crippen molar-refractivity contribution in [2.45, 2.75) is 31.0 Å². The number of anilines is 1. The number of halogens is 2. The highest BCUT2D eigenvalue weighted by molar-refractivity contribution is 7.17. The molecule has 0 radical (unpaired) electrons. The Hall–Kier alpha value is -3.63. The lowest BCUT2D eigenvalue weighted by Crippen LogP contribution is -2.43. The van der Waals surface area contributed by atoms with E-state index >= 15 is 4.39 Å². The summed E-state index contributed by atoms with van der Waals surface area (Å²) < 4.78 is 37.0. The molecule has 39 heavy (non-hydrogen) atoms. The Bertz CT molecular complexity index is 1560. The van der Waals surface area contributed by atoms with Gasteiger partial charge in [0.15, 0.2) is 0 Å². The Kier molecular flexibility index (Phi) is 6.90. The quantitative estimate of drug-likeness (QED) is 0.217. The van der Waals surface area contributed by atoms with Crippen molar-refractivity contribution in [2.24, 2.45) is 0 Å². The molecule has 4 aromatic rings. The van der Waals surface area contributed by atoms with Crippen LogP contribution in [-0.4, -0.2) is 65.3 Å². The molecule has 1 unspecified atom stereocenters. The molecule has 7 nitrogen and oxygen atoms in total. The number of benzene rings is 2. The smallest absolute Gasteiger partial charge is 0.319 e. The molecule has 0 saturated carbocycles. The molecule has 0 bridgehead atoms. The number of fused-ring (bicyclic) bond motifs is 3. The SMILES string of the molecule is C=CC(=O)NCCNc1nc(OCC23CCCN2C[C@H](F)C3)nc2cc(-c3cccc4ccsc34)c(F)cc12. The van der Waals surface area contributed by atoms with Crippen LogP contribution in [0, 0.1) is 5.82 Å². The van der Waals surface area contributed by atoms with E-state index in [-0.39, 0.29) is 29.9 Å². The number of amides is 1. The van der Waals surface area contributed by atoms with Crippen LogP contribution in [0.2, 0.25) is 0 Å². The minimum atomic E-state index is -0.861. The second-order valence-corrected chi connectivity index (χ2v) is 11.1. The molecule has 2 atom stereocenters. The largest absolute Gasteiger partial charge is 0.461 e. The molecular formula is C29H29F2N5O2S. The van der Waals surface area contributed by atoms with Crippen LogP contribution >= 0.6 is 11.3 Å². The van der Waals surface area contributed by atoms with Crippen LogP contribution in [0.3, 0.4) is 0 Å². The van der Waals surface area contributed by atoms with Crippen molar-refractivity contribution in [3.05, 3.63) is 60.3 Å². The van der Waals surface area contributed by atoms with Crippen molar-refractivity contribution < 1.29 is 18.3 Å². The van der Waals surface area contributed by atoms with Gasteiger partial charge in [-0.05, 0) is 54.4 Å². The third-order valence-corrected chi connectivity index (χ3v) is 8.63. The molecule has 2 saturated heterocycles. The van der Waals surface area contributed by atoms with E-state index in [1.54, 1.807) is 17.4 Å². The average molecular weight is 550 g/mol. The minimum absolute atomic E-state index is 0.149. The molecule has 6 rings (SSSR count). The van der Waals surface area contributed by atoms with E-state index < -0.39 is 6.17 Å². The van der Waals surface area contributed by atoms with Gasteiger partial charge in [0, 0.05) is 47.3 Å². The van der Waals surface area contributed by atoms with Crippen LogP contribution in [0.1, 0.15) is 19.3 Å². The van der Waals surface area contributed by atoms with E-state index in [0.717, 1.165) is 35.0 Å². The van der Waals surface area contributed by atoms with Gasteiger partial charge in [-0.3, -0.25) is 9.69 Å². The number of hydrogen-bond donors (Lipinski definition) is 2. The number of hydrogen-bond acceptors (Lipinski definition) is 7. The number of alkyl halides is 1. The zero-order chi connectivity index (χ0) is 27.0. The van der Waals surface area contributed by atoms with Crippen molar-refractivity contribution in [3.63, 3.8) is 0 Å². The molecule has 1 amide bonds. The Morgan fingerprint density at radius 2 is 2.15 bits per heavy atom. The summed E-state index contributed by atoms with van der Waals surface area (Å²) in [6.45, 7) is 5.71. The maximum Gasteiger partial charge on any atom is 0.319 e. The summed E-state index contributed by atoms with van der Waals surface area (Å²) in [5, 5.41) is 9.43. The third kappa shape index (κ3) is 4.94. The summed E-state index contributed by atoms with van der Waals surface area (Å²) in [7, 11) is 0. The fraction of sp³-hybridized carbons (Fsp3) is 0.345. The number of carbonyl (C=O) groups is 1. The van der Waals surface area contributed by atoms with Crippen LogP contribution in [-0.2, 0) is 4.79 Å². The monoisotopic (exact) mass is 549 g/mol. The molecule has 2 aliphatic rings. The van der Waals surface area contributed by atoms with Crippen molar-refractivity contribution in [1.29, 1.82) is 0 Å². The topological polar surface area (TPSA) is 79.4 Å². The molecule has 2 fully saturated rings. The predicted octanol–water partition coefficient (Wildman–Crippen LogP) is 5.32. The van der Waals surface area contributed by atoms with E-state index in [9.17, 15) is 9.18 Å². The number of rotatable bonds is 9. The normalized spacial score (nSPS) is 20.8. The average Bonchev–Trinajstić information content (AvgIpc) is 3.63. The van der Waals surface area contributed by atoms with Gasteiger partial charge in [0.1, 0.15) is 24.4 Å². The van der Waals surface area contributed by atoms with Crippen LogP contribution in [0.4, 0.5) is 14.6 Å². The molecule has 0 spiro atoms. The Morgan fingerprint density at radius 3 is 3.03 bits per heavy atom. The van der Waals surface area contributed by atoms with Gasteiger partial charge in [0.25, 0.3) is 0 Å². The highest BCUT2D eigenvalue weighted by atomic mass is 32.1. The van der Waals surface area contributed by atoms with Crippen LogP contribution in [0.15, 0.2) is 54.4 Å². The molecule has 2 aliphatic heterocycles. The number of nitrogens with zero attached hydrogens (tertiary/aromatic N) is 3. The van der Waals surface area contributed by atoms with Crippen LogP contribution in [0.5, 0.6) is 6.01 Å². The Morgan fingerprint density at radius 1 is 1.26 bits per heavy atom. The maximum absolute atomic E-state index is 15.6. The van der Waals surface area contributed by atoms with Crippen molar-refractivity contribution in [2.75, 3.05) is 38.1 Å². The predicted molar refractivity (Wildman–Crippen MR) is 151 cm³/mol. The molecule has 202 valence electrons. The highest BCUT2D eigenvalue weighted by Gasteiger charge is 2.49. The van der Waals surface area contributed by atoms with Gasteiger partial charge in [0.2, 0.25) is 5.91 Å². The first-order chi connectivity index (χ1) is 19.0. The number of carbonyl (C=O) groups excluding carboxylic acids is 1. The molecule has 2 aromatic carbocycles. The van der Waals surface area contributed by atoms with E-state index in [1.807, 2.05) is 29.6 Å². The highest BCUT2D eigenvalue weighted by Crippen LogP contribution is 2.41. The second kappa shape index (κ2) is 10.5. The van der Waals surface area contributed by atoms with Gasteiger partial charge in [-0.1, -0.05) is 24.8 Å². The lowest BCUT2D eigenvalue weighted by atomic mass is 9.95. The van der Waals surface area contributed by atoms with Gasteiger partial charge < -0.3 is 15.4 Å². The van der Waals surface area contributed by atoms with E-state index in [4.69, 9.17) is 4.74 Å². The number of aromatic nitrogens is 2. The summed E-state index contributed by atoms with van der Waals surface area (Å²) in [6.07, 6.45) is 2.66. The molecule has 4 heterocycles. The zero-order valence-corrected chi connectivity index (χ0v) is 22.2. The molecular weight excluding hydrogens is 520 g/mol. The van der Waals surface area contributed by atoms with E-state index in [1.165, 1.54) is 12.1 Å². The third-order valence-electron chi connectivity index (χ3n) is 7.67. The van der Waals surface area contributed by atoms with Gasteiger partial charge >= 0.3 is 6.01 Å². The fourth-order valence-corrected chi connectivity index (χ4v) is 6.75. The standard InChI is InChI=1S/C29H29F2N5O2S/c1-2-25(37)32-9-10-33-27-22-13-23(31)21(20-6-3-5-18-7-12-39-26(18)20)14-24(22)34-28(35-27)38-17-29-8-4-11-36(29)16-19(30)15-29/h2-3,5-7,12-14,19H,1,4,8-11,15-17H2,(H,32,37)(H,33,34,35)/t19-,29?/m1/s1. The lowest BCUT2D eigenvalue weighted by molar-refractivity contribution is -0.116. The molecule has 10 heteroatoms. The Balaban J connectivity index is 1.35. The first-order valence-electron chi connectivity index (χ1n) is 13.1. The van der Waals surface area contributed by atoms with Crippen LogP contribution < -0.4 is 15.4 Å². The summed E-state index contributed by atoms with van der Waals surface area (Å²) in [5.74, 6) is -0.266. The van der Waals surface area contributed by atoms with E-state index in [2.05, 4.69) is 32.1 Å². The molecule has 0 aliphatic carbocycles. The van der Waals surface area contributed by atoms with Crippen LogP contribution in [0.25, 0.3) is 32.1 Å². The first kappa shape index (κ1) is 25.6. The zero-order valence-electron chi connectivity index (χ0n) is 21.4. The van der Waals surface area contributed by atoms with Gasteiger partial charge in [-0.2, -0.15) is 9.97 Å². The maximum atomic E-state index is 15.6. The number of nitrogens with one attached hydrogen (secondary N) is 2. The fourth-order valence-electron chi connectivity index (χ4n) is 5.83. The molecule has 2 aromatic heterocycles. The van der Waals surface area contributed by atoms with E-state index in [0.29, 0.717) is 48.3 Å². The summed E-state index contributed by atoms with van der Waals surface area (Å²) in [6, 6.07) is 11.2. The number of ether oxygens (including phenoxy) is 1. The first-order valence-corrected chi connectivity index (χ1v) is 14.0. The summed E-state index contributed by atoms with van der Waals surface area (Å²) >= 11 is 1.56. The van der Waals surface area contributed by atoms with Crippen molar-refractivity contribution >= 4 is 44.1 Å². The van der Waals surface area contributed by atoms with Gasteiger partial charge in [0.05, 0.1) is 11.1 Å². The second-order valence-electron chi connectivity index (χ2n) is 10.1. The summed E-state index contributed by atoms with van der Waals surface area (Å²) in [5.41, 5.74) is 1.42. The number of thiophene rings is 1. The minimum Gasteiger partial charge on any atom is -0.461 e.